The van der Waals surface area contributed by atoms with Gasteiger partial charge in [-0.2, -0.15) is 0 Å². The largest absolute Gasteiger partial charge is 0.490 e. The predicted molar refractivity (Wildman–Crippen MR) is 88.9 cm³/mol. The molecule has 2 nitrogen and oxygen atoms in total. The zero-order valence-electron chi connectivity index (χ0n) is 11.2. The number of halogens is 2. The Balaban J connectivity index is 1.82. The fraction of sp³-hybridized carbons (Fsp3) is 0.250. The van der Waals surface area contributed by atoms with Gasteiger partial charge in [-0.15, -0.1) is 0 Å². The van der Waals surface area contributed by atoms with Gasteiger partial charge in [0, 0.05) is 15.4 Å². The van der Waals surface area contributed by atoms with Gasteiger partial charge in [0.25, 0.3) is 0 Å². The lowest BCUT2D eigenvalue weighted by molar-refractivity contribution is 0.216. The van der Waals surface area contributed by atoms with E-state index >= 15 is 0 Å². The van der Waals surface area contributed by atoms with Crippen molar-refractivity contribution in [1.82, 2.24) is 0 Å². The topological polar surface area (TPSA) is 18.5 Å². The fourth-order valence-corrected chi connectivity index (χ4v) is 2.50. The molecule has 0 aliphatic carbocycles. The summed E-state index contributed by atoms with van der Waals surface area (Å²) < 4.78 is 12.4. The van der Waals surface area contributed by atoms with E-state index in [0.717, 1.165) is 26.9 Å². The minimum Gasteiger partial charge on any atom is -0.490 e. The monoisotopic (exact) mass is 398 g/mol. The number of benzene rings is 2. The first-order valence-corrected chi connectivity index (χ1v) is 8.27. The lowest BCUT2D eigenvalue weighted by Crippen LogP contribution is -2.09. The van der Waals surface area contributed by atoms with Crippen molar-refractivity contribution in [2.45, 2.75) is 12.3 Å². The third kappa shape index (κ3) is 4.53. The normalized spacial score (nSPS) is 10.3. The molecule has 0 heterocycles. The van der Waals surface area contributed by atoms with Gasteiger partial charge in [0.2, 0.25) is 0 Å². The first kappa shape index (κ1) is 15.4. The minimum absolute atomic E-state index is 0.525. The Morgan fingerprint density at radius 2 is 1.65 bits per heavy atom. The van der Waals surface area contributed by atoms with E-state index in [0.29, 0.717) is 13.2 Å². The number of alkyl halides is 1. The molecule has 2 aromatic rings. The van der Waals surface area contributed by atoms with Gasteiger partial charge in [0.05, 0.1) is 0 Å². The van der Waals surface area contributed by atoms with Gasteiger partial charge in [-0.25, -0.2) is 0 Å². The summed E-state index contributed by atoms with van der Waals surface area (Å²) in [6, 6.07) is 14.0. The maximum Gasteiger partial charge on any atom is 0.123 e. The molecule has 0 aromatic heterocycles. The summed E-state index contributed by atoms with van der Waals surface area (Å²) >= 11 is 6.87. The molecule has 0 saturated carbocycles. The quantitative estimate of drug-likeness (QED) is 0.496. The summed E-state index contributed by atoms with van der Waals surface area (Å²) in [7, 11) is 0. The number of ether oxygens (including phenoxy) is 2. The fourth-order valence-electron chi connectivity index (χ4n) is 1.80. The molecule has 4 heteroatoms. The molecule has 0 bridgehead atoms. The summed E-state index contributed by atoms with van der Waals surface area (Å²) in [5, 5.41) is 0.789. The number of aryl methyl sites for hydroxylation is 1. The average Bonchev–Trinajstić information content (AvgIpc) is 2.46. The highest BCUT2D eigenvalue weighted by Crippen LogP contribution is 2.22. The van der Waals surface area contributed by atoms with Crippen LogP contribution >= 0.6 is 31.9 Å². The molecule has 0 aliphatic rings. The third-order valence-electron chi connectivity index (χ3n) is 2.78. The molecule has 0 fully saturated rings. The molecule has 0 saturated heterocycles. The first-order chi connectivity index (χ1) is 9.69. The van der Waals surface area contributed by atoms with Crippen LogP contribution in [0.5, 0.6) is 11.5 Å². The summed E-state index contributed by atoms with van der Waals surface area (Å²) in [4.78, 5) is 0. The molecule has 0 amide bonds. The van der Waals surface area contributed by atoms with Crippen LogP contribution in [0.1, 0.15) is 11.1 Å². The molecular weight excluding hydrogens is 384 g/mol. The zero-order valence-corrected chi connectivity index (χ0v) is 14.4. The van der Waals surface area contributed by atoms with E-state index < -0.39 is 0 Å². The summed E-state index contributed by atoms with van der Waals surface area (Å²) in [6.07, 6.45) is 0. The average molecular weight is 400 g/mol. The molecular formula is C16H16Br2O2. The lowest BCUT2D eigenvalue weighted by atomic mass is 10.1. The van der Waals surface area contributed by atoms with Crippen molar-refractivity contribution >= 4 is 31.9 Å². The summed E-state index contributed by atoms with van der Waals surface area (Å²) in [6.45, 7) is 3.13. The second-order valence-electron chi connectivity index (χ2n) is 4.40. The van der Waals surface area contributed by atoms with E-state index in [1.165, 1.54) is 5.56 Å². The van der Waals surface area contributed by atoms with Crippen molar-refractivity contribution in [2.75, 3.05) is 13.2 Å². The van der Waals surface area contributed by atoms with Crippen LogP contribution in [-0.4, -0.2) is 13.2 Å². The molecule has 0 aliphatic heterocycles. The molecule has 20 heavy (non-hydrogen) atoms. The molecule has 0 N–H and O–H groups in total. The standard InChI is InChI=1S/C16H16Br2O2/c1-12-2-7-16(13(10-12)11-17)20-9-8-19-15-5-3-14(18)4-6-15/h2-7,10H,8-9,11H2,1H3. The molecule has 2 aromatic carbocycles. The highest BCUT2D eigenvalue weighted by atomic mass is 79.9. The lowest BCUT2D eigenvalue weighted by Gasteiger charge is -2.11. The maximum atomic E-state index is 5.76. The van der Waals surface area contributed by atoms with E-state index in [2.05, 4.69) is 50.9 Å². The highest BCUT2D eigenvalue weighted by Gasteiger charge is 2.03. The maximum absolute atomic E-state index is 5.76. The van der Waals surface area contributed by atoms with Crippen LogP contribution in [0.3, 0.4) is 0 Å². The van der Waals surface area contributed by atoms with E-state index in [9.17, 15) is 0 Å². The van der Waals surface area contributed by atoms with Gasteiger partial charge in [-0.1, -0.05) is 49.6 Å². The van der Waals surface area contributed by atoms with Crippen LogP contribution < -0.4 is 9.47 Å². The number of rotatable bonds is 6. The van der Waals surface area contributed by atoms with Crippen LogP contribution in [0.2, 0.25) is 0 Å². The Hall–Kier alpha value is -1.000. The van der Waals surface area contributed by atoms with Crippen molar-refractivity contribution in [1.29, 1.82) is 0 Å². The van der Waals surface area contributed by atoms with Gasteiger partial charge in [0.15, 0.2) is 0 Å². The van der Waals surface area contributed by atoms with Crippen molar-refractivity contribution in [3.05, 3.63) is 58.1 Å². The van der Waals surface area contributed by atoms with Crippen LogP contribution in [-0.2, 0) is 5.33 Å². The predicted octanol–water partition coefficient (Wildman–Crippen LogP) is 5.11. The third-order valence-corrected chi connectivity index (χ3v) is 3.92. The van der Waals surface area contributed by atoms with Gasteiger partial charge in [-0.05, 0) is 37.3 Å². The van der Waals surface area contributed by atoms with Gasteiger partial charge < -0.3 is 9.47 Å². The Morgan fingerprint density at radius 1 is 0.950 bits per heavy atom. The molecule has 0 radical (unpaired) electrons. The van der Waals surface area contributed by atoms with Gasteiger partial charge >= 0.3 is 0 Å². The Morgan fingerprint density at radius 3 is 2.35 bits per heavy atom. The van der Waals surface area contributed by atoms with Crippen molar-refractivity contribution < 1.29 is 9.47 Å². The van der Waals surface area contributed by atoms with E-state index in [1.807, 2.05) is 30.3 Å². The molecule has 0 atom stereocenters. The number of hydrogen-bond acceptors (Lipinski definition) is 2. The molecule has 106 valence electrons. The van der Waals surface area contributed by atoms with Crippen molar-refractivity contribution in [3.63, 3.8) is 0 Å². The summed E-state index contributed by atoms with van der Waals surface area (Å²) in [5.41, 5.74) is 2.39. The number of hydrogen-bond donors (Lipinski definition) is 0. The van der Waals surface area contributed by atoms with Crippen LogP contribution in [0, 0.1) is 6.92 Å². The van der Waals surface area contributed by atoms with Gasteiger partial charge in [0.1, 0.15) is 24.7 Å². The molecule has 2 rings (SSSR count). The SMILES string of the molecule is Cc1ccc(OCCOc2ccc(Br)cc2)c(CBr)c1. The minimum atomic E-state index is 0.525. The van der Waals surface area contributed by atoms with Crippen molar-refractivity contribution in [2.24, 2.45) is 0 Å². The Labute approximate surface area is 136 Å². The Bertz CT molecular complexity index is 553. The summed E-state index contributed by atoms with van der Waals surface area (Å²) in [5.74, 6) is 1.76. The molecule has 0 spiro atoms. The zero-order chi connectivity index (χ0) is 14.4. The van der Waals surface area contributed by atoms with Gasteiger partial charge in [-0.3, -0.25) is 0 Å². The first-order valence-electron chi connectivity index (χ1n) is 6.35. The van der Waals surface area contributed by atoms with Crippen molar-refractivity contribution in [3.8, 4) is 11.5 Å². The molecule has 0 unspecified atom stereocenters. The van der Waals surface area contributed by atoms with E-state index in [-0.39, 0.29) is 0 Å². The van der Waals surface area contributed by atoms with Crippen LogP contribution in [0.15, 0.2) is 46.9 Å². The Kier molecular flexibility index (Phi) is 5.92. The van der Waals surface area contributed by atoms with E-state index in [1.54, 1.807) is 0 Å². The highest BCUT2D eigenvalue weighted by molar-refractivity contribution is 9.10. The smallest absolute Gasteiger partial charge is 0.123 e. The second kappa shape index (κ2) is 7.70. The second-order valence-corrected chi connectivity index (χ2v) is 5.87. The van der Waals surface area contributed by atoms with Crippen LogP contribution in [0.4, 0.5) is 0 Å². The van der Waals surface area contributed by atoms with E-state index in [4.69, 9.17) is 9.47 Å². The van der Waals surface area contributed by atoms with Crippen LogP contribution in [0.25, 0.3) is 0 Å².